The average molecular weight is 308 g/mol. The third kappa shape index (κ3) is 2.85. The number of allylic oxidation sites excluding steroid dienone is 4. The van der Waals surface area contributed by atoms with E-state index in [-0.39, 0.29) is 11.3 Å². The Bertz CT molecular complexity index is 808. The molecule has 0 fully saturated rings. The maximum atomic E-state index is 12.4. The number of nitrogens with one attached hydrogen (secondary N) is 1. The molecule has 2 N–H and O–H groups in total. The number of carbonyl (C=O) groups excluding carboxylic acids is 2. The highest BCUT2D eigenvalue weighted by Crippen LogP contribution is 2.26. The van der Waals surface area contributed by atoms with Crippen molar-refractivity contribution in [1.29, 1.82) is 0 Å². The molecule has 116 valence electrons. The van der Waals surface area contributed by atoms with Crippen molar-refractivity contribution in [3.8, 4) is 0 Å². The summed E-state index contributed by atoms with van der Waals surface area (Å²) in [6, 6.07) is 5.58. The van der Waals surface area contributed by atoms with Crippen LogP contribution in [0, 0.1) is 19.8 Å². The van der Waals surface area contributed by atoms with Crippen LogP contribution in [-0.2, 0) is 9.59 Å². The van der Waals surface area contributed by atoms with Crippen molar-refractivity contribution in [2.45, 2.75) is 13.8 Å². The van der Waals surface area contributed by atoms with Crippen LogP contribution in [0.3, 0.4) is 0 Å². The molecule has 0 bridgehead atoms. The zero-order chi connectivity index (χ0) is 16.6. The van der Waals surface area contributed by atoms with Crippen LogP contribution < -0.4 is 5.32 Å². The number of hydrogen-bond acceptors (Lipinski definition) is 3. The Morgan fingerprint density at radius 2 is 1.87 bits per heavy atom. The standard InChI is InChI=1S/C18H16N2O3/c1-10-7-11(2)9-12(8-10)19-17(22)15-16(21)13-5-3-4-6-14(13)20-18(15)23/h3-9,13,21H,1-2H3,(H,19,22). The number of anilines is 1. The van der Waals surface area contributed by atoms with E-state index in [9.17, 15) is 14.7 Å². The summed E-state index contributed by atoms with van der Waals surface area (Å²) in [6.07, 6.45) is 6.83. The second-order valence-electron chi connectivity index (χ2n) is 5.65. The number of hydrogen-bond donors (Lipinski definition) is 2. The number of nitrogens with zero attached hydrogens (tertiary/aromatic N) is 1. The van der Waals surface area contributed by atoms with Gasteiger partial charge < -0.3 is 10.4 Å². The highest BCUT2D eigenvalue weighted by Gasteiger charge is 2.34. The molecule has 23 heavy (non-hydrogen) atoms. The number of aliphatic imine (C=N–C) groups is 1. The van der Waals surface area contributed by atoms with E-state index in [1.54, 1.807) is 36.4 Å². The van der Waals surface area contributed by atoms with Crippen molar-refractivity contribution < 1.29 is 14.7 Å². The zero-order valence-corrected chi connectivity index (χ0v) is 12.8. The summed E-state index contributed by atoms with van der Waals surface area (Å²) in [5.41, 5.74) is 2.70. The molecule has 1 unspecified atom stereocenters. The molecule has 1 aliphatic heterocycles. The van der Waals surface area contributed by atoms with Gasteiger partial charge in [0.25, 0.3) is 11.8 Å². The molecule has 2 amide bonds. The molecule has 0 aromatic heterocycles. The lowest BCUT2D eigenvalue weighted by Crippen LogP contribution is -2.30. The predicted octanol–water partition coefficient (Wildman–Crippen LogP) is 2.78. The van der Waals surface area contributed by atoms with Crippen LogP contribution in [0.4, 0.5) is 5.69 Å². The third-order valence-electron chi connectivity index (χ3n) is 3.70. The molecule has 0 spiro atoms. The lowest BCUT2D eigenvalue weighted by atomic mass is 9.90. The highest BCUT2D eigenvalue weighted by molar-refractivity contribution is 6.28. The fraction of sp³-hybridized carbons (Fsp3) is 0.167. The largest absolute Gasteiger partial charge is 0.510 e. The normalized spacial score (nSPS) is 19.5. The van der Waals surface area contributed by atoms with E-state index >= 15 is 0 Å². The zero-order valence-electron chi connectivity index (χ0n) is 12.8. The number of aryl methyl sites for hydroxylation is 2. The summed E-state index contributed by atoms with van der Waals surface area (Å²) in [4.78, 5) is 28.4. The van der Waals surface area contributed by atoms with E-state index in [4.69, 9.17) is 0 Å². The van der Waals surface area contributed by atoms with Crippen LogP contribution in [0.2, 0.25) is 0 Å². The summed E-state index contributed by atoms with van der Waals surface area (Å²) in [5.74, 6) is -2.18. The first kappa shape index (κ1) is 15.0. The van der Waals surface area contributed by atoms with Gasteiger partial charge in [-0.05, 0) is 43.2 Å². The molecule has 1 atom stereocenters. The maximum absolute atomic E-state index is 12.4. The first-order valence-corrected chi connectivity index (χ1v) is 7.26. The lowest BCUT2D eigenvalue weighted by Gasteiger charge is -2.21. The van der Waals surface area contributed by atoms with E-state index in [1.807, 2.05) is 19.9 Å². The Morgan fingerprint density at radius 3 is 2.57 bits per heavy atom. The number of dihydropyridines is 1. The number of amides is 2. The lowest BCUT2D eigenvalue weighted by molar-refractivity contribution is -0.119. The molecule has 1 heterocycles. The van der Waals surface area contributed by atoms with Gasteiger partial charge in [-0.3, -0.25) is 9.59 Å². The molecular weight excluding hydrogens is 292 g/mol. The minimum absolute atomic E-state index is 0.262. The first-order chi connectivity index (χ1) is 11.0. The van der Waals surface area contributed by atoms with Gasteiger partial charge in [-0.25, -0.2) is 4.99 Å². The van der Waals surface area contributed by atoms with Gasteiger partial charge in [-0.15, -0.1) is 0 Å². The molecule has 5 nitrogen and oxygen atoms in total. The van der Waals surface area contributed by atoms with Crippen LogP contribution in [-0.4, -0.2) is 22.6 Å². The summed E-state index contributed by atoms with van der Waals surface area (Å²) in [5, 5.41) is 13.0. The van der Waals surface area contributed by atoms with Crippen LogP contribution in [0.1, 0.15) is 11.1 Å². The molecule has 5 heteroatoms. The molecule has 1 aromatic carbocycles. The average Bonchev–Trinajstić information content (AvgIpc) is 2.46. The summed E-state index contributed by atoms with van der Waals surface area (Å²) < 4.78 is 0. The summed E-state index contributed by atoms with van der Waals surface area (Å²) in [6.45, 7) is 3.84. The van der Waals surface area contributed by atoms with E-state index in [0.717, 1.165) is 11.1 Å². The maximum Gasteiger partial charge on any atom is 0.286 e. The number of aliphatic hydroxyl groups excluding tert-OH is 1. The minimum atomic E-state index is -0.726. The van der Waals surface area contributed by atoms with Crippen molar-refractivity contribution in [3.63, 3.8) is 0 Å². The third-order valence-corrected chi connectivity index (χ3v) is 3.70. The SMILES string of the molecule is Cc1cc(C)cc(NC(=O)C2=C(O)C3C=CC=CC3=NC2=O)c1. The molecular formula is C18H16N2O3. The number of benzene rings is 1. The van der Waals surface area contributed by atoms with Crippen LogP contribution in [0.25, 0.3) is 0 Å². The Morgan fingerprint density at radius 1 is 1.17 bits per heavy atom. The van der Waals surface area contributed by atoms with E-state index in [1.165, 1.54) is 0 Å². The number of fused-ring (bicyclic) bond motifs is 1. The Hall–Kier alpha value is -2.95. The first-order valence-electron chi connectivity index (χ1n) is 7.26. The molecule has 3 rings (SSSR count). The van der Waals surface area contributed by atoms with Gasteiger partial charge in [0.2, 0.25) is 0 Å². The summed E-state index contributed by atoms with van der Waals surface area (Å²) >= 11 is 0. The van der Waals surface area contributed by atoms with Gasteiger partial charge in [-0.1, -0.05) is 24.3 Å². The Balaban J connectivity index is 1.91. The minimum Gasteiger partial charge on any atom is -0.510 e. The fourth-order valence-corrected chi connectivity index (χ4v) is 2.76. The van der Waals surface area contributed by atoms with Gasteiger partial charge in [0.15, 0.2) is 0 Å². The van der Waals surface area contributed by atoms with Gasteiger partial charge >= 0.3 is 0 Å². The number of aliphatic hydroxyl groups is 1. The number of carbonyl (C=O) groups is 2. The molecule has 1 aromatic rings. The van der Waals surface area contributed by atoms with Gasteiger partial charge in [0.1, 0.15) is 11.3 Å². The van der Waals surface area contributed by atoms with Gasteiger partial charge in [0, 0.05) is 5.69 Å². The van der Waals surface area contributed by atoms with Crippen molar-refractivity contribution in [2.24, 2.45) is 10.9 Å². The van der Waals surface area contributed by atoms with Gasteiger partial charge in [-0.2, -0.15) is 0 Å². The predicted molar refractivity (Wildman–Crippen MR) is 88.4 cm³/mol. The topological polar surface area (TPSA) is 78.8 Å². The second kappa shape index (κ2) is 5.68. The molecule has 0 radical (unpaired) electrons. The van der Waals surface area contributed by atoms with Crippen molar-refractivity contribution in [2.75, 3.05) is 5.32 Å². The van der Waals surface area contributed by atoms with Crippen molar-refractivity contribution in [3.05, 3.63) is 65.0 Å². The van der Waals surface area contributed by atoms with E-state index in [2.05, 4.69) is 10.3 Å². The van der Waals surface area contributed by atoms with Crippen molar-refractivity contribution in [1.82, 2.24) is 0 Å². The Labute approximate surface area is 133 Å². The molecule has 2 aliphatic rings. The van der Waals surface area contributed by atoms with Crippen LogP contribution in [0.15, 0.2) is 58.8 Å². The van der Waals surface area contributed by atoms with E-state index < -0.39 is 17.7 Å². The fourth-order valence-electron chi connectivity index (χ4n) is 2.76. The van der Waals surface area contributed by atoms with E-state index in [0.29, 0.717) is 11.4 Å². The van der Waals surface area contributed by atoms with Crippen LogP contribution in [0.5, 0.6) is 0 Å². The second-order valence-corrected chi connectivity index (χ2v) is 5.65. The molecule has 0 saturated heterocycles. The number of rotatable bonds is 2. The monoisotopic (exact) mass is 308 g/mol. The quantitative estimate of drug-likeness (QED) is 0.825. The Kier molecular flexibility index (Phi) is 3.70. The van der Waals surface area contributed by atoms with Crippen LogP contribution >= 0.6 is 0 Å². The molecule has 1 aliphatic carbocycles. The van der Waals surface area contributed by atoms with Crippen molar-refractivity contribution >= 4 is 23.2 Å². The van der Waals surface area contributed by atoms with Gasteiger partial charge in [0.05, 0.1) is 11.6 Å². The molecule has 0 saturated carbocycles. The smallest absolute Gasteiger partial charge is 0.286 e. The summed E-state index contributed by atoms with van der Waals surface area (Å²) in [7, 11) is 0. The highest BCUT2D eigenvalue weighted by atomic mass is 16.3.